The number of allylic oxidation sites excluding steroid dienone is 1. The molecule has 0 radical (unpaired) electrons. The van der Waals surface area contributed by atoms with Crippen molar-refractivity contribution in [2.75, 3.05) is 6.61 Å². The number of nitro groups is 1. The number of carbonyl (C=O) groups excluding carboxylic acids is 1. The standard InChI is InChI=1S/C20H18N2O4/c23-20(21-14-16-5-2-1-3-6-16)18-11-12-26-19(18)10-9-15-7-4-8-17(13-15)22(24)25/h1-10,13H,11-12,14H2,(H,21,23)/b10-9+. The van der Waals surface area contributed by atoms with Gasteiger partial charge in [-0.1, -0.05) is 48.5 Å². The van der Waals surface area contributed by atoms with Crippen molar-refractivity contribution in [1.82, 2.24) is 5.32 Å². The van der Waals surface area contributed by atoms with Crippen LogP contribution in [-0.4, -0.2) is 17.4 Å². The van der Waals surface area contributed by atoms with Gasteiger partial charge >= 0.3 is 0 Å². The number of rotatable bonds is 6. The number of hydrogen-bond donors (Lipinski definition) is 1. The molecule has 3 rings (SSSR count). The van der Waals surface area contributed by atoms with Crippen molar-refractivity contribution in [3.8, 4) is 0 Å². The van der Waals surface area contributed by atoms with Gasteiger partial charge in [0.2, 0.25) is 0 Å². The van der Waals surface area contributed by atoms with Gasteiger partial charge in [-0.2, -0.15) is 0 Å². The molecule has 0 atom stereocenters. The molecule has 1 aliphatic heterocycles. The van der Waals surface area contributed by atoms with Crippen LogP contribution in [0.1, 0.15) is 17.5 Å². The van der Waals surface area contributed by atoms with Crippen LogP contribution in [0, 0.1) is 10.1 Å². The lowest BCUT2D eigenvalue weighted by atomic mass is 10.1. The molecule has 0 aliphatic carbocycles. The Morgan fingerprint density at radius 3 is 2.73 bits per heavy atom. The predicted octanol–water partition coefficient (Wildman–Crippen LogP) is 3.60. The van der Waals surface area contributed by atoms with E-state index in [-0.39, 0.29) is 11.6 Å². The Labute approximate surface area is 151 Å². The first-order valence-electron chi connectivity index (χ1n) is 8.24. The maximum Gasteiger partial charge on any atom is 0.270 e. The zero-order valence-corrected chi connectivity index (χ0v) is 14.1. The lowest BCUT2D eigenvalue weighted by Crippen LogP contribution is -2.24. The van der Waals surface area contributed by atoms with E-state index in [2.05, 4.69) is 5.32 Å². The number of nitro benzene ring substituents is 1. The molecule has 1 heterocycles. The highest BCUT2D eigenvalue weighted by atomic mass is 16.6. The average molecular weight is 350 g/mol. The smallest absolute Gasteiger partial charge is 0.270 e. The fourth-order valence-electron chi connectivity index (χ4n) is 2.65. The highest BCUT2D eigenvalue weighted by Crippen LogP contribution is 2.22. The molecule has 132 valence electrons. The van der Waals surface area contributed by atoms with Crippen LogP contribution < -0.4 is 5.32 Å². The summed E-state index contributed by atoms with van der Waals surface area (Å²) in [5.41, 5.74) is 2.30. The second-order valence-electron chi connectivity index (χ2n) is 5.79. The number of ether oxygens (including phenoxy) is 1. The van der Waals surface area contributed by atoms with Crippen molar-refractivity contribution in [3.05, 3.63) is 93.2 Å². The topological polar surface area (TPSA) is 81.5 Å². The molecule has 1 aliphatic rings. The minimum Gasteiger partial charge on any atom is -0.493 e. The highest BCUT2D eigenvalue weighted by molar-refractivity contribution is 5.94. The molecule has 0 saturated carbocycles. The summed E-state index contributed by atoms with van der Waals surface area (Å²) >= 11 is 0. The quantitative estimate of drug-likeness (QED) is 0.637. The summed E-state index contributed by atoms with van der Waals surface area (Å²) in [6.45, 7) is 0.897. The van der Waals surface area contributed by atoms with Gasteiger partial charge in [0.1, 0.15) is 5.76 Å². The summed E-state index contributed by atoms with van der Waals surface area (Å²) in [5, 5.41) is 13.7. The Kier molecular flexibility index (Phi) is 5.43. The van der Waals surface area contributed by atoms with Crippen LogP contribution in [0.15, 0.2) is 72.0 Å². The summed E-state index contributed by atoms with van der Waals surface area (Å²) in [4.78, 5) is 22.8. The van der Waals surface area contributed by atoms with Crippen LogP contribution >= 0.6 is 0 Å². The maximum absolute atomic E-state index is 12.4. The van der Waals surface area contributed by atoms with E-state index < -0.39 is 4.92 Å². The van der Waals surface area contributed by atoms with Gasteiger partial charge in [0, 0.05) is 25.1 Å². The first-order valence-corrected chi connectivity index (χ1v) is 8.24. The van der Waals surface area contributed by atoms with Crippen molar-refractivity contribution < 1.29 is 14.5 Å². The molecule has 1 amide bonds. The average Bonchev–Trinajstić information content (AvgIpc) is 3.14. The van der Waals surface area contributed by atoms with Crippen LogP contribution in [0.2, 0.25) is 0 Å². The van der Waals surface area contributed by atoms with E-state index in [0.29, 0.717) is 36.5 Å². The summed E-state index contributed by atoms with van der Waals surface area (Å²) in [5.74, 6) is 0.340. The minimum atomic E-state index is -0.439. The maximum atomic E-state index is 12.4. The van der Waals surface area contributed by atoms with Gasteiger partial charge < -0.3 is 10.1 Å². The van der Waals surface area contributed by atoms with Crippen LogP contribution in [0.5, 0.6) is 0 Å². The molecule has 6 heteroatoms. The molecular formula is C20H18N2O4. The van der Waals surface area contributed by atoms with E-state index in [1.807, 2.05) is 30.3 Å². The number of nitrogens with zero attached hydrogens (tertiary/aromatic N) is 1. The zero-order chi connectivity index (χ0) is 18.4. The molecule has 0 saturated heterocycles. The number of hydrogen-bond acceptors (Lipinski definition) is 4. The Morgan fingerprint density at radius 1 is 1.15 bits per heavy atom. The molecule has 0 unspecified atom stereocenters. The summed E-state index contributed by atoms with van der Waals surface area (Å²) in [6.07, 6.45) is 3.93. The van der Waals surface area contributed by atoms with Gasteiger partial charge in [-0.15, -0.1) is 0 Å². The van der Waals surface area contributed by atoms with E-state index in [1.54, 1.807) is 24.3 Å². The number of amides is 1. The fourth-order valence-corrected chi connectivity index (χ4v) is 2.65. The van der Waals surface area contributed by atoms with Gasteiger partial charge in [0.15, 0.2) is 0 Å². The highest BCUT2D eigenvalue weighted by Gasteiger charge is 2.20. The van der Waals surface area contributed by atoms with Crippen LogP contribution in [0.3, 0.4) is 0 Å². The summed E-state index contributed by atoms with van der Waals surface area (Å²) < 4.78 is 5.54. The number of benzene rings is 2. The number of carbonyl (C=O) groups is 1. The van der Waals surface area contributed by atoms with Crippen LogP contribution in [0.4, 0.5) is 5.69 Å². The first-order chi connectivity index (χ1) is 12.6. The van der Waals surface area contributed by atoms with E-state index in [4.69, 9.17) is 4.74 Å². The molecule has 6 nitrogen and oxygen atoms in total. The molecule has 26 heavy (non-hydrogen) atoms. The Bertz CT molecular complexity index is 872. The second kappa shape index (κ2) is 8.11. The second-order valence-corrected chi connectivity index (χ2v) is 5.79. The van der Waals surface area contributed by atoms with E-state index >= 15 is 0 Å². The Morgan fingerprint density at radius 2 is 1.96 bits per heavy atom. The molecule has 0 fully saturated rings. The van der Waals surface area contributed by atoms with Crippen LogP contribution in [0.25, 0.3) is 6.08 Å². The lowest BCUT2D eigenvalue weighted by Gasteiger charge is -2.06. The third-order valence-corrected chi connectivity index (χ3v) is 3.99. The fraction of sp³-hybridized carbons (Fsp3) is 0.150. The normalized spacial score (nSPS) is 13.7. The van der Waals surface area contributed by atoms with Gasteiger partial charge in [-0.3, -0.25) is 14.9 Å². The van der Waals surface area contributed by atoms with Crippen LogP contribution in [-0.2, 0) is 16.1 Å². The Balaban J connectivity index is 1.70. The first kappa shape index (κ1) is 17.4. The summed E-state index contributed by atoms with van der Waals surface area (Å²) in [7, 11) is 0. The van der Waals surface area contributed by atoms with Crippen molar-refractivity contribution >= 4 is 17.7 Å². The SMILES string of the molecule is O=C(NCc1ccccc1)C1=C(/C=C/c2cccc([N+](=O)[O-])c2)OCC1. The molecular weight excluding hydrogens is 332 g/mol. The monoisotopic (exact) mass is 350 g/mol. The Hall–Kier alpha value is -3.41. The lowest BCUT2D eigenvalue weighted by molar-refractivity contribution is -0.384. The zero-order valence-electron chi connectivity index (χ0n) is 14.1. The van der Waals surface area contributed by atoms with Gasteiger partial charge in [-0.05, 0) is 17.2 Å². The van der Waals surface area contributed by atoms with Crippen molar-refractivity contribution in [2.45, 2.75) is 13.0 Å². The van der Waals surface area contributed by atoms with E-state index in [9.17, 15) is 14.9 Å². The van der Waals surface area contributed by atoms with Crippen molar-refractivity contribution in [2.24, 2.45) is 0 Å². The number of nitrogens with one attached hydrogen (secondary N) is 1. The largest absolute Gasteiger partial charge is 0.493 e. The van der Waals surface area contributed by atoms with E-state index in [1.165, 1.54) is 12.1 Å². The van der Waals surface area contributed by atoms with Gasteiger partial charge in [0.25, 0.3) is 11.6 Å². The van der Waals surface area contributed by atoms with E-state index in [0.717, 1.165) is 5.56 Å². The molecule has 2 aromatic rings. The molecule has 0 spiro atoms. The molecule has 2 aromatic carbocycles. The summed E-state index contributed by atoms with van der Waals surface area (Å²) in [6, 6.07) is 16.0. The molecule has 0 bridgehead atoms. The van der Waals surface area contributed by atoms with Crippen molar-refractivity contribution in [1.29, 1.82) is 0 Å². The van der Waals surface area contributed by atoms with Gasteiger partial charge in [-0.25, -0.2) is 0 Å². The van der Waals surface area contributed by atoms with Crippen molar-refractivity contribution in [3.63, 3.8) is 0 Å². The molecule has 1 N–H and O–H groups in total. The third kappa shape index (κ3) is 4.36. The number of non-ortho nitro benzene ring substituents is 1. The van der Waals surface area contributed by atoms with Gasteiger partial charge in [0.05, 0.1) is 17.1 Å². The minimum absolute atomic E-state index is 0.0225. The third-order valence-electron chi connectivity index (χ3n) is 3.99. The molecule has 0 aromatic heterocycles. The predicted molar refractivity (Wildman–Crippen MR) is 98.0 cm³/mol.